The summed E-state index contributed by atoms with van der Waals surface area (Å²) >= 11 is 0. The minimum Gasteiger partial charge on any atom is -0.497 e. The van der Waals surface area contributed by atoms with E-state index in [1.807, 2.05) is 18.7 Å². The van der Waals surface area contributed by atoms with Crippen LogP contribution < -0.4 is 10.1 Å². The topological polar surface area (TPSA) is 88.2 Å². The van der Waals surface area contributed by atoms with Gasteiger partial charge in [-0.2, -0.15) is 0 Å². The molecule has 2 aliphatic heterocycles. The number of amides is 3. The number of nitrogens with zero attached hydrogens (tertiary/aromatic N) is 2. The molecule has 1 aromatic rings. The monoisotopic (exact) mass is 429 g/mol. The van der Waals surface area contributed by atoms with Gasteiger partial charge in [-0.05, 0) is 37.1 Å². The molecule has 3 aliphatic rings. The number of carbonyl (C=O) groups excluding carboxylic acids is 3. The van der Waals surface area contributed by atoms with E-state index in [0.29, 0.717) is 37.2 Å². The molecule has 8 heteroatoms. The van der Waals surface area contributed by atoms with Crippen molar-refractivity contribution in [1.29, 1.82) is 0 Å². The van der Waals surface area contributed by atoms with Crippen LogP contribution in [0.15, 0.2) is 24.3 Å². The summed E-state index contributed by atoms with van der Waals surface area (Å²) in [5, 5.41) is 3.02. The third kappa shape index (κ3) is 4.26. The van der Waals surface area contributed by atoms with Crippen LogP contribution >= 0.6 is 0 Å². The van der Waals surface area contributed by atoms with Crippen molar-refractivity contribution >= 4 is 17.7 Å². The van der Waals surface area contributed by atoms with Crippen LogP contribution in [0.4, 0.5) is 0 Å². The molecule has 3 amide bonds. The van der Waals surface area contributed by atoms with E-state index >= 15 is 0 Å². The Bertz CT molecular complexity index is 841. The van der Waals surface area contributed by atoms with Gasteiger partial charge in [0, 0.05) is 43.5 Å². The second-order valence-corrected chi connectivity index (χ2v) is 8.94. The molecule has 1 saturated carbocycles. The highest BCUT2D eigenvalue weighted by atomic mass is 16.5. The zero-order valence-electron chi connectivity index (χ0n) is 18.4. The number of benzene rings is 1. The number of likely N-dealkylation sites (tertiary alicyclic amines) is 1. The average molecular weight is 430 g/mol. The van der Waals surface area contributed by atoms with Crippen LogP contribution in [-0.2, 0) is 14.3 Å². The second-order valence-electron chi connectivity index (χ2n) is 8.94. The van der Waals surface area contributed by atoms with Crippen molar-refractivity contribution in [3.05, 3.63) is 29.8 Å². The Labute approximate surface area is 182 Å². The Hall–Kier alpha value is -2.61. The van der Waals surface area contributed by atoms with Crippen LogP contribution in [0, 0.1) is 5.92 Å². The molecule has 0 radical (unpaired) electrons. The van der Waals surface area contributed by atoms with Crippen LogP contribution in [-0.4, -0.2) is 72.1 Å². The van der Waals surface area contributed by atoms with E-state index in [1.54, 1.807) is 36.3 Å². The molecule has 31 heavy (non-hydrogen) atoms. The van der Waals surface area contributed by atoms with E-state index in [0.717, 1.165) is 12.8 Å². The highest BCUT2D eigenvalue weighted by molar-refractivity contribution is 5.98. The SMILES string of the molecule is COc1ccc(C(=O)N2[C@@H](C(=O)NC3CC3)COC23CCN(C(=O)C(C)C)CC3)cc1. The largest absolute Gasteiger partial charge is 0.497 e. The van der Waals surface area contributed by atoms with Gasteiger partial charge in [-0.25, -0.2) is 0 Å². The summed E-state index contributed by atoms with van der Waals surface area (Å²) in [4.78, 5) is 42.4. The molecule has 1 aromatic carbocycles. The Morgan fingerprint density at radius 3 is 2.32 bits per heavy atom. The van der Waals surface area contributed by atoms with Crippen LogP contribution in [0.25, 0.3) is 0 Å². The fourth-order valence-electron chi connectivity index (χ4n) is 4.41. The van der Waals surface area contributed by atoms with Crippen LogP contribution in [0.3, 0.4) is 0 Å². The van der Waals surface area contributed by atoms with Crippen molar-refractivity contribution in [2.24, 2.45) is 5.92 Å². The summed E-state index contributed by atoms with van der Waals surface area (Å²) in [7, 11) is 1.57. The van der Waals surface area contributed by atoms with Gasteiger partial charge in [-0.15, -0.1) is 0 Å². The molecule has 1 N–H and O–H groups in total. The molecule has 168 valence electrons. The van der Waals surface area contributed by atoms with Crippen molar-refractivity contribution in [2.45, 2.75) is 57.3 Å². The van der Waals surface area contributed by atoms with E-state index in [4.69, 9.17) is 9.47 Å². The summed E-state index contributed by atoms with van der Waals surface area (Å²) in [5.74, 6) is 0.283. The van der Waals surface area contributed by atoms with Gasteiger partial charge in [-0.1, -0.05) is 13.8 Å². The molecular weight excluding hydrogens is 398 g/mol. The van der Waals surface area contributed by atoms with Gasteiger partial charge in [-0.3, -0.25) is 19.3 Å². The Morgan fingerprint density at radius 2 is 1.77 bits per heavy atom. The minimum atomic E-state index is -0.879. The molecule has 4 rings (SSSR count). The van der Waals surface area contributed by atoms with E-state index in [9.17, 15) is 14.4 Å². The highest BCUT2D eigenvalue weighted by Gasteiger charge is 2.54. The fraction of sp³-hybridized carbons (Fsp3) is 0.609. The Balaban J connectivity index is 1.58. The number of carbonyl (C=O) groups is 3. The lowest BCUT2D eigenvalue weighted by atomic mass is 9.95. The van der Waals surface area contributed by atoms with Crippen molar-refractivity contribution in [3.63, 3.8) is 0 Å². The maximum atomic E-state index is 13.6. The summed E-state index contributed by atoms with van der Waals surface area (Å²) < 4.78 is 11.4. The third-order valence-electron chi connectivity index (χ3n) is 6.39. The van der Waals surface area contributed by atoms with Crippen molar-refractivity contribution in [1.82, 2.24) is 15.1 Å². The molecule has 2 saturated heterocycles. The lowest BCUT2D eigenvalue weighted by molar-refractivity contribution is -0.146. The molecule has 2 heterocycles. The van der Waals surface area contributed by atoms with Crippen LogP contribution in [0.5, 0.6) is 5.75 Å². The summed E-state index contributed by atoms with van der Waals surface area (Å²) in [6.45, 7) is 4.94. The standard InChI is InChI=1S/C23H31N3O5/c1-15(2)21(28)25-12-10-23(11-13-25)26(19(14-31-23)20(27)24-17-6-7-17)22(29)16-4-8-18(30-3)9-5-16/h4-5,8-9,15,17,19H,6-7,10-14H2,1-3H3,(H,24,27)/t19-/m1/s1. The first-order valence-corrected chi connectivity index (χ1v) is 11.1. The number of rotatable bonds is 5. The minimum absolute atomic E-state index is 0.0763. The van der Waals surface area contributed by atoms with Gasteiger partial charge in [0.2, 0.25) is 11.8 Å². The summed E-state index contributed by atoms with van der Waals surface area (Å²) in [6, 6.07) is 6.41. The predicted octanol–water partition coefficient (Wildman–Crippen LogP) is 1.79. The molecular formula is C23H31N3O5. The third-order valence-corrected chi connectivity index (χ3v) is 6.39. The van der Waals surface area contributed by atoms with Gasteiger partial charge in [0.05, 0.1) is 13.7 Å². The number of hydrogen-bond acceptors (Lipinski definition) is 5. The van der Waals surface area contributed by atoms with E-state index in [2.05, 4.69) is 5.32 Å². The zero-order chi connectivity index (χ0) is 22.2. The number of hydrogen-bond donors (Lipinski definition) is 1. The Kier molecular flexibility index (Phi) is 5.92. The van der Waals surface area contributed by atoms with Crippen molar-refractivity contribution in [3.8, 4) is 5.75 Å². The van der Waals surface area contributed by atoms with Crippen LogP contribution in [0.1, 0.15) is 49.9 Å². The highest BCUT2D eigenvalue weighted by Crippen LogP contribution is 2.39. The van der Waals surface area contributed by atoms with Crippen molar-refractivity contribution in [2.75, 3.05) is 26.8 Å². The maximum Gasteiger partial charge on any atom is 0.256 e. The molecule has 1 spiro atoms. The van der Waals surface area contributed by atoms with Crippen molar-refractivity contribution < 1.29 is 23.9 Å². The number of methoxy groups -OCH3 is 1. The number of piperidine rings is 1. The average Bonchev–Trinajstić information content (AvgIpc) is 3.52. The van der Waals surface area contributed by atoms with Gasteiger partial charge in [0.15, 0.2) is 0 Å². The first-order chi connectivity index (χ1) is 14.8. The van der Waals surface area contributed by atoms with E-state index < -0.39 is 11.8 Å². The van der Waals surface area contributed by atoms with Gasteiger partial charge in [0.25, 0.3) is 5.91 Å². The molecule has 0 bridgehead atoms. The lowest BCUT2D eigenvalue weighted by Crippen LogP contribution is -2.60. The molecule has 0 unspecified atom stereocenters. The normalized spacial score (nSPS) is 22.6. The van der Waals surface area contributed by atoms with Crippen LogP contribution in [0.2, 0.25) is 0 Å². The lowest BCUT2D eigenvalue weighted by Gasteiger charge is -2.44. The molecule has 1 aliphatic carbocycles. The van der Waals surface area contributed by atoms with E-state index in [-0.39, 0.29) is 36.3 Å². The van der Waals surface area contributed by atoms with E-state index in [1.165, 1.54) is 0 Å². The zero-order valence-corrected chi connectivity index (χ0v) is 18.4. The first-order valence-electron chi connectivity index (χ1n) is 11.1. The smallest absolute Gasteiger partial charge is 0.256 e. The summed E-state index contributed by atoms with van der Waals surface area (Å²) in [5.41, 5.74) is -0.397. The quantitative estimate of drug-likeness (QED) is 0.771. The molecule has 1 atom stereocenters. The molecule has 3 fully saturated rings. The maximum absolute atomic E-state index is 13.6. The predicted molar refractivity (Wildman–Crippen MR) is 113 cm³/mol. The van der Waals surface area contributed by atoms with Gasteiger partial charge in [0.1, 0.15) is 17.5 Å². The van der Waals surface area contributed by atoms with Gasteiger partial charge >= 0.3 is 0 Å². The molecule has 8 nitrogen and oxygen atoms in total. The fourth-order valence-corrected chi connectivity index (χ4v) is 4.41. The van der Waals surface area contributed by atoms with Gasteiger partial charge < -0.3 is 19.7 Å². The number of nitrogens with one attached hydrogen (secondary N) is 1. The first kappa shape index (κ1) is 21.6. The number of ether oxygens (including phenoxy) is 2. The molecule has 0 aromatic heterocycles. The summed E-state index contributed by atoms with van der Waals surface area (Å²) in [6.07, 6.45) is 2.92. The second kappa shape index (κ2) is 8.49. The Morgan fingerprint density at radius 1 is 1.13 bits per heavy atom.